The van der Waals surface area contributed by atoms with Crippen molar-refractivity contribution in [3.05, 3.63) is 40.3 Å². The molecule has 1 rings (SSSR count). The fraction of sp³-hybridized carbons (Fsp3) is 0.538. The molecular formula is C13H18FN3O2S. The number of nitrogens with zero attached hydrogens (tertiary/aromatic N) is 3. The molecule has 0 unspecified atom stereocenters. The highest BCUT2D eigenvalue weighted by Crippen LogP contribution is 2.26. The van der Waals surface area contributed by atoms with Crippen LogP contribution in [0.25, 0.3) is 10.4 Å². The van der Waals surface area contributed by atoms with Crippen LogP contribution >= 0.6 is 11.8 Å². The van der Waals surface area contributed by atoms with Gasteiger partial charge in [-0.3, -0.25) is 4.39 Å². The van der Waals surface area contributed by atoms with Gasteiger partial charge < -0.3 is 9.47 Å². The molecule has 110 valence electrons. The van der Waals surface area contributed by atoms with Crippen molar-refractivity contribution in [3.8, 4) is 0 Å². The summed E-state index contributed by atoms with van der Waals surface area (Å²) in [7, 11) is 3.14. The van der Waals surface area contributed by atoms with Crippen molar-refractivity contribution in [2.75, 3.05) is 33.3 Å². The lowest BCUT2D eigenvalue weighted by molar-refractivity contribution is 0.0721. The number of methoxy groups -OCH3 is 2. The summed E-state index contributed by atoms with van der Waals surface area (Å²) in [5, 5.41) is 3.43. The van der Waals surface area contributed by atoms with Crippen LogP contribution in [0.3, 0.4) is 0 Å². The van der Waals surface area contributed by atoms with Crippen LogP contribution in [-0.2, 0) is 9.47 Å². The maximum Gasteiger partial charge on any atom is 0.101 e. The number of azide groups is 1. The Labute approximate surface area is 122 Å². The van der Waals surface area contributed by atoms with Crippen LogP contribution in [-0.4, -0.2) is 39.3 Å². The smallest absolute Gasteiger partial charge is 0.101 e. The van der Waals surface area contributed by atoms with Gasteiger partial charge in [0.25, 0.3) is 0 Å². The average molecular weight is 299 g/mol. The van der Waals surface area contributed by atoms with E-state index in [1.165, 1.54) is 7.11 Å². The minimum Gasteiger partial charge on any atom is -0.384 e. The van der Waals surface area contributed by atoms with Crippen LogP contribution < -0.4 is 0 Å². The number of hydrogen-bond donors (Lipinski definition) is 0. The van der Waals surface area contributed by atoms with Crippen LogP contribution in [0, 0.1) is 0 Å². The van der Waals surface area contributed by atoms with Gasteiger partial charge in [-0.2, -0.15) is 0 Å². The highest BCUT2D eigenvalue weighted by atomic mass is 32.2. The van der Waals surface area contributed by atoms with Gasteiger partial charge in [-0.1, -0.05) is 17.2 Å². The number of alkyl halides is 1. The van der Waals surface area contributed by atoms with Crippen molar-refractivity contribution in [3.63, 3.8) is 0 Å². The molecule has 5 nitrogen and oxygen atoms in total. The Hall–Kier alpha value is -1.27. The van der Waals surface area contributed by atoms with E-state index >= 15 is 0 Å². The summed E-state index contributed by atoms with van der Waals surface area (Å²) in [6.07, 6.45) is -0.575. The first-order valence-electron chi connectivity index (χ1n) is 6.11. The Bertz CT molecular complexity index is 438. The van der Waals surface area contributed by atoms with Crippen molar-refractivity contribution in [2.24, 2.45) is 5.11 Å². The molecule has 20 heavy (non-hydrogen) atoms. The van der Waals surface area contributed by atoms with Crippen LogP contribution in [0.1, 0.15) is 11.7 Å². The Kier molecular flexibility index (Phi) is 8.06. The molecule has 0 saturated carbocycles. The first kappa shape index (κ1) is 16.8. The zero-order valence-electron chi connectivity index (χ0n) is 11.5. The van der Waals surface area contributed by atoms with Gasteiger partial charge in [-0.15, -0.1) is 11.8 Å². The fourth-order valence-corrected chi connectivity index (χ4v) is 2.56. The van der Waals surface area contributed by atoms with Gasteiger partial charge in [-0.25, -0.2) is 0 Å². The zero-order valence-corrected chi connectivity index (χ0v) is 12.3. The van der Waals surface area contributed by atoms with E-state index in [0.29, 0.717) is 6.61 Å². The van der Waals surface area contributed by atoms with E-state index in [4.69, 9.17) is 15.0 Å². The summed E-state index contributed by atoms with van der Waals surface area (Å²) >= 11 is 1.68. The molecule has 0 aliphatic heterocycles. The molecule has 7 heteroatoms. The lowest BCUT2D eigenvalue weighted by Gasteiger charge is -2.20. The highest BCUT2D eigenvalue weighted by Gasteiger charge is 2.21. The van der Waals surface area contributed by atoms with Gasteiger partial charge in [0.15, 0.2) is 0 Å². The van der Waals surface area contributed by atoms with Gasteiger partial charge in [-0.05, 0) is 23.2 Å². The second-order valence-corrected chi connectivity index (χ2v) is 5.16. The summed E-state index contributed by atoms with van der Waals surface area (Å²) < 4.78 is 23.1. The summed E-state index contributed by atoms with van der Waals surface area (Å²) in [6, 6.07) is 6.75. The van der Waals surface area contributed by atoms with Gasteiger partial charge in [0.05, 0.1) is 18.8 Å². The molecule has 0 heterocycles. The Morgan fingerprint density at radius 1 is 1.35 bits per heavy atom. The Morgan fingerprint density at radius 2 is 2.05 bits per heavy atom. The van der Waals surface area contributed by atoms with Gasteiger partial charge >= 0.3 is 0 Å². The van der Waals surface area contributed by atoms with Crippen LogP contribution in [0.4, 0.5) is 4.39 Å². The normalized spacial score (nSPS) is 13.6. The number of halogens is 1. The third-order valence-electron chi connectivity index (χ3n) is 2.73. The molecule has 1 aromatic rings. The molecule has 0 N–H and O–H groups in total. The highest BCUT2D eigenvalue weighted by molar-refractivity contribution is 7.99. The van der Waals surface area contributed by atoms with Crippen LogP contribution in [0.2, 0.25) is 0 Å². The second-order valence-electron chi connectivity index (χ2n) is 3.99. The topological polar surface area (TPSA) is 67.2 Å². The Morgan fingerprint density at radius 3 is 2.55 bits per heavy atom. The molecule has 0 spiro atoms. The average Bonchev–Trinajstić information content (AvgIpc) is 2.49. The van der Waals surface area contributed by atoms with Crippen molar-refractivity contribution < 1.29 is 13.9 Å². The van der Waals surface area contributed by atoms with Gasteiger partial charge in [0, 0.05) is 29.8 Å². The van der Waals surface area contributed by atoms with Crippen molar-refractivity contribution in [1.82, 2.24) is 0 Å². The standard InChI is InChI=1S/C13H18FN3O2S/c1-18-7-8-20-11-5-3-10(4-6-11)13(19-2)12(9-14)16-17-15/h3-6,12-13H,7-9H2,1-2H3/t12-,13-/m1/s1. The fourth-order valence-electron chi connectivity index (χ4n) is 1.75. The molecule has 2 atom stereocenters. The zero-order chi connectivity index (χ0) is 14.8. The number of benzene rings is 1. The summed E-state index contributed by atoms with van der Waals surface area (Å²) in [4.78, 5) is 3.75. The molecule has 0 aliphatic carbocycles. The lowest BCUT2D eigenvalue weighted by Crippen LogP contribution is -2.20. The molecule has 0 aromatic heterocycles. The van der Waals surface area contributed by atoms with Crippen molar-refractivity contribution >= 4 is 11.8 Å². The molecule has 0 saturated heterocycles. The first-order chi connectivity index (χ1) is 9.76. The van der Waals surface area contributed by atoms with E-state index in [1.807, 2.05) is 24.3 Å². The molecule has 0 amide bonds. The number of hydrogen-bond acceptors (Lipinski definition) is 4. The molecule has 0 fully saturated rings. The maximum absolute atomic E-state index is 12.9. The van der Waals surface area contributed by atoms with E-state index in [9.17, 15) is 4.39 Å². The van der Waals surface area contributed by atoms with E-state index in [1.54, 1.807) is 18.9 Å². The molecule has 0 aliphatic rings. The van der Waals surface area contributed by atoms with E-state index in [0.717, 1.165) is 16.2 Å². The second kappa shape index (κ2) is 9.61. The van der Waals surface area contributed by atoms with Gasteiger partial charge in [0.2, 0.25) is 0 Å². The van der Waals surface area contributed by atoms with E-state index in [2.05, 4.69) is 10.0 Å². The van der Waals surface area contributed by atoms with Crippen LogP contribution in [0.5, 0.6) is 0 Å². The third kappa shape index (κ3) is 5.02. The van der Waals surface area contributed by atoms with E-state index in [-0.39, 0.29) is 0 Å². The summed E-state index contributed by atoms with van der Waals surface area (Å²) in [6.45, 7) is -0.0686. The van der Waals surface area contributed by atoms with E-state index < -0.39 is 18.8 Å². The molecule has 1 aromatic carbocycles. The first-order valence-corrected chi connectivity index (χ1v) is 7.10. The lowest BCUT2D eigenvalue weighted by atomic mass is 10.0. The third-order valence-corrected chi connectivity index (χ3v) is 3.70. The number of ether oxygens (including phenoxy) is 2. The minimum absolute atomic E-state index is 0.575. The quantitative estimate of drug-likeness (QED) is 0.229. The van der Waals surface area contributed by atoms with Crippen molar-refractivity contribution in [2.45, 2.75) is 17.0 Å². The van der Waals surface area contributed by atoms with Crippen LogP contribution in [0.15, 0.2) is 34.3 Å². The maximum atomic E-state index is 12.9. The number of thioether (sulfide) groups is 1. The monoisotopic (exact) mass is 299 g/mol. The summed E-state index contributed by atoms with van der Waals surface area (Å²) in [5.74, 6) is 0.870. The predicted molar refractivity (Wildman–Crippen MR) is 77.7 cm³/mol. The molecule has 0 bridgehead atoms. The molecule has 0 radical (unpaired) electrons. The predicted octanol–water partition coefficient (Wildman–Crippen LogP) is 3.76. The van der Waals surface area contributed by atoms with Crippen molar-refractivity contribution in [1.29, 1.82) is 0 Å². The summed E-state index contributed by atoms with van der Waals surface area (Å²) in [5.41, 5.74) is 9.24. The largest absolute Gasteiger partial charge is 0.384 e. The molecular weight excluding hydrogens is 281 g/mol. The Balaban J connectivity index is 2.76. The van der Waals surface area contributed by atoms with Gasteiger partial charge in [0.1, 0.15) is 6.67 Å². The number of rotatable bonds is 9. The minimum atomic E-state index is -0.850. The SMILES string of the molecule is COCCSc1ccc([C@@H](OC)[C@@H](CF)N=[N+]=[N-])cc1.